The van der Waals surface area contributed by atoms with Gasteiger partial charge in [0.25, 0.3) is 0 Å². The number of benzene rings is 1. The average Bonchev–Trinajstić information content (AvgIpc) is 2.73. The first kappa shape index (κ1) is 14.3. The van der Waals surface area contributed by atoms with Crippen LogP contribution in [0.25, 0.3) is 0 Å². The lowest BCUT2D eigenvalue weighted by molar-refractivity contribution is -0.145. The Morgan fingerprint density at radius 3 is 2.80 bits per heavy atom. The van der Waals surface area contributed by atoms with Gasteiger partial charge in [0.15, 0.2) is 0 Å². The molecule has 0 saturated carbocycles. The van der Waals surface area contributed by atoms with Gasteiger partial charge in [0.2, 0.25) is 16.1 Å². The Hall–Kier alpha value is -2.09. The molecule has 20 heavy (non-hydrogen) atoms. The van der Waals surface area contributed by atoms with Crippen molar-refractivity contribution in [3.63, 3.8) is 0 Å². The SMILES string of the molecule is CS(=O)(=O)Nc1cccc(C(=O)OC2CCOC2=O)c1. The predicted octanol–water partition coefficient (Wildman–Crippen LogP) is 0.530. The molecular weight excluding hydrogens is 286 g/mol. The van der Waals surface area contributed by atoms with Crippen molar-refractivity contribution in [2.75, 3.05) is 17.6 Å². The van der Waals surface area contributed by atoms with E-state index in [1.54, 1.807) is 0 Å². The highest BCUT2D eigenvalue weighted by Gasteiger charge is 2.30. The van der Waals surface area contributed by atoms with Gasteiger partial charge in [-0.25, -0.2) is 18.0 Å². The zero-order valence-electron chi connectivity index (χ0n) is 10.7. The van der Waals surface area contributed by atoms with Crippen LogP contribution in [-0.4, -0.2) is 39.3 Å². The van der Waals surface area contributed by atoms with Crippen LogP contribution in [0.1, 0.15) is 16.8 Å². The van der Waals surface area contributed by atoms with Crippen molar-refractivity contribution >= 4 is 27.6 Å². The van der Waals surface area contributed by atoms with E-state index in [1.807, 2.05) is 0 Å². The highest BCUT2D eigenvalue weighted by atomic mass is 32.2. The molecular formula is C12H13NO6S. The minimum Gasteiger partial charge on any atom is -0.463 e. The summed E-state index contributed by atoms with van der Waals surface area (Å²) >= 11 is 0. The third-order valence-corrected chi connectivity index (χ3v) is 3.14. The summed E-state index contributed by atoms with van der Waals surface area (Å²) in [6, 6.07) is 5.82. The number of rotatable bonds is 4. The molecule has 1 aliphatic rings. The van der Waals surface area contributed by atoms with Gasteiger partial charge in [-0.15, -0.1) is 0 Å². The van der Waals surface area contributed by atoms with E-state index < -0.39 is 28.1 Å². The van der Waals surface area contributed by atoms with Crippen molar-refractivity contribution in [1.29, 1.82) is 0 Å². The van der Waals surface area contributed by atoms with E-state index in [4.69, 9.17) is 4.74 Å². The van der Waals surface area contributed by atoms with Crippen molar-refractivity contribution in [2.24, 2.45) is 0 Å². The summed E-state index contributed by atoms with van der Waals surface area (Å²) in [6.07, 6.45) is 0.437. The number of cyclic esters (lactones) is 1. The number of nitrogens with one attached hydrogen (secondary N) is 1. The molecule has 2 rings (SSSR count). The molecule has 108 valence electrons. The van der Waals surface area contributed by atoms with Crippen LogP contribution in [0.15, 0.2) is 24.3 Å². The maximum atomic E-state index is 11.9. The van der Waals surface area contributed by atoms with E-state index >= 15 is 0 Å². The summed E-state index contributed by atoms with van der Waals surface area (Å²) in [5.74, 6) is -1.27. The molecule has 0 aromatic heterocycles. The monoisotopic (exact) mass is 299 g/mol. The van der Waals surface area contributed by atoms with Crippen LogP contribution >= 0.6 is 0 Å². The maximum Gasteiger partial charge on any atom is 0.347 e. The first-order chi connectivity index (χ1) is 9.35. The molecule has 1 heterocycles. The fourth-order valence-corrected chi connectivity index (χ4v) is 2.26. The summed E-state index contributed by atoms with van der Waals surface area (Å²) in [4.78, 5) is 23.1. The van der Waals surface area contributed by atoms with Crippen molar-refractivity contribution < 1.29 is 27.5 Å². The number of ether oxygens (including phenoxy) is 2. The Balaban J connectivity index is 2.10. The van der Waals surface area contributed by atoms with Crippen LogP contribution < -0.4 is 4.72 Å². The van der Waals surface area contributed by atoms with Gasteiger partial charge in [-0.3, -0.25) is 4.72 Å². The third kappa shape index (κ3) is 3.70. The van der Waals surface area contributed by atoms with Crippen LogP contribution in [0.3, 0.4) is 0 Å². The molecule has 1 fully saturated rings. The lowest BCUT2D eigenvalue weighted by Crippen LogP contribution is -2.22. The molecule has 1 unspecified atom stereocenters. The van der Waals surface area contributed by atoms with Crippen LogP contribution in [0, 0.1) is 0 Å². The highest BCUT2D eigenvalue weighted by Crippen LogP contribution is 2.16. The summed E-state index contributed by atoms with van der Waals surface area (Å²) in [5, 5.41) is 0. The highest BCUT2D eigenvalue weighted by molar-refractivity contribution is 7.92. The Morgan fingerprint density at radius 1 is 1.45 bits per heavy atom. The lowest BCUT2D eigenvalue weighted by Gasteiger charge is -2.09. The van der Waals surface area contributed by atoms with E-state index in [0.29, 0.717) is 6.42 Å². The van der Waals surface area contributed by atoms with Crippen LogP contribution in [-0.2, 0) is 24.3 Å². The zero-order chi connectivity index (χ0) is 14.8. The normalized spacial score (nSPS) is 18.4. The van der Waals surface area contributed by atoms with Crippen LogP contribution in [0.2, 0.25) is 0 Å². The van der Waals surface area contributed by atoms with Crippen molar-refractivity contribution in [3.05, 3.63) is 29.8 Å². The van der Waals surface area contributed by atoms with Gasteiger partial charge in [-0.05, 0) is 18.2 Å². The molecule has 0 bridgehead atoms. The van der Waals surface area contributed by atoms with Gasteiger partial charge in [-0.1, -0.05) is 6.07 Å². The predicted molar refractivity (Wildman–Crippen MR) is 69.7 cm³/mol. The number of carbonyl (C=O) groups is 2. The molecule has 1 aromatic rings. The van der Waals surface area contributed by atoms with E-state index in [0.717, 1.165) is 6.26 Å². The molecule has 1 aromatic carbocycles. The van der Waals surface area contributed by atoms with Gasteiger partial charge in [0, 0.05) is 12.1 Å². The van der Waals surface area contributed by atoms with Gasteiger partial charge < -0.3 is 9.47 Å². The van der Waals surface area contributed by atoms with E-state index in [1.165, 1.54) is 24.3 Å². The summed E-state index contributed by atoms with van der Waals surface area (Å²) in [7, 11) is -3.43. The molecule has 1 aliphatic heterocycles. The molecule has 0 spiro atoms. The molecule has 1 atom stereocenters. The molecule has 0 aliphatic carbocycles. The molecule has 1 saturated heterocycles. The summed E-state index contributed by atoms with van der Waals surface area (Å²) < 4.78 is 34.2. The Labute approximate surface area is 115 Å². The number of hydrogen-bond acceptors (Lipinski definition) is 6. The topological polar surface area (TPSA) is 98.8 Å². The van der Waals surface area contributed by atoms with E-state index in [2.05, 4.69) is 9.46 Å². The minimum atomic E-state index is -3.43. The number of anilines is 1. The molecule has 1 N–H and O–H groups in total. The van der Waals surface area contributed by atoms with Crippen molar-refractivity contribution in [2.45, 2.75) is 12.5 Å². The largest absolute Gasteiger partial charge is 0.463 e. The second-order valence-electron chi connectivity index (χ2n) is 4.31. The molecule has 0 amide bonds. The van der Waals surface area contributed by atoms with Crippen molar-refractivity contribution in [3.8, 4) is 0 Å². The Kier molecular flexibility index (Phi) is 3.93. The van der Waals surface area contributed by atoms with Crippen LogP contribution in [0.4, 0.5) is 5.69 Å². The third-order valence-electron chi connectivity index (χ3n) is 2.54. The first-order valence-corrected chi connectivity index (χ1v) is 7.70. The smallest absolute Gasteiger partial charge is 0.347 e. The van der Waals surface area contributed by atoms with E-state index in [9.17, 15) is 18.0 Å². The zero-order valence-corrected chi connectivity index (χ0v) is 11.5. The van der Waals surface area contributed by atoms with Gasteiger partial charge in [0.05, 0.1) is 18.4 Å². The standard InChI is InChI=1S/C12H13NO6S/c1-20(16,17)13-9-4-2-3-8(7-9)11(14)19-10-5-6-18-12(10)15/h2-4,7,10,13H,5-6H2,1H3. The Morgan fingerprint density at radius 2 is 2.20 bits per heavy atom. The Bertz CT molecular complexity index is 639. The fourth-order valence-electron chi connectivity index (χ4n) is 1.71. The second-order valence-corrected chi connectivity index (χ2v) is 6.05. The minimum absolute atomic E-state index is 0.151. The number of esters is 2. The first-order valence-electron chi connectivity index (χ1n) is 5.80. The maximum absolute atomic E-state index is 11.9. The van der Waals surface area contributed by atoms with Gasteiger partial charge in [0.1, 0.15) is 0 Å². The number of hydrogen-bond donors (Lipinski definition) is 1. The van der Waals surface area contributed by atoms with Gasteiger partial charge in [-0.2, -0.15) is 0 Å². The molecule has 8 heteroatoms. The average molecular weight is 299 g/mol. The number of carbonyl (C=O) groups excluding carboxylic acids is 2. The second kappa shape index (κ2) is 5.49. The van der Waals surface area contributed by atoms with Crippen LogP contribution in [0.5, 0.6) is 0 Å². The van der Waals surface area contributed by atoms with E-state index in [-0.39, 0.29) is 17.9 Å². The van der Waals surface area contributed by atoms with Crippen molar-refractivity contribution in [1.82, 2.24) is 0 Å². The molecule has 7 nitrogen and oxygen atoms in total. The quantitative estimate of drug-likeness (QED) is 0.814. The summed E-state index contributed by atoms with van der Waals surface area (Å²) in [5.41, 5.74) is 0.397. The lowest BCUT2D eigenvalue weighted by atomic mass is 10.2. The molecule has 0 radical (unpaired) electrons. The number of sulfonamides is 1. The fraction of sp³-hybridized carbons (Fsp3) is 0.333. The van der Waals surface area contributed by atoms with Gasteiger partial charge >= 0.3 is 11.9 Å². The summed E-state index contributed by atoms with van der Waals surface area (Å²) in [6.45, 7) is 0.229.